The number of fused-ring (bicyclic) bond motifs is 1. The second-order valence-electron chi connectivity index (χ2n) is 6.20. The van der Waals surface area contributed by atoms with Crippen molar-refractivity contribution in [3.05, 3.63) is 70.4 Å². The van der Waals surface area contributed by atoms with Crippen LogP contribution in [0.15, 0.2) is 69.8 Å². The summed E-state index contributed by atoms with van der Waals surface area (Å²) in [7, 11) is -2.13. The van der Waals surface area contributed by atoms with Gasteiger partial charge in [-0.2, -0.15) is 0 Å². The SMILES string of the molecule is COc1ccccc1C1CC(=O)Nc2c(S(=O)(=O)c3ccccc3)csc21. The van der Waals surface area contributed by atoms with E-state index in [1.165, 1.54) is 11.3 Å². The van der Waals surface area contributed by atoms with Crippen LogP contribution in [0.4, 0.5) is 5.69 Å². The van der Waals surface area contributed by atoms with Crippen molar-refractivity contribution >= 4 is 32.8 Å². The number of nitrogens with one attached hydrogen (secondary N) is 1. The minimum atomic E-state index is -3.72. The highest BCUT2D eigenvalue weighted by Crippen LogP contribution is 2.47. The summed E-state index contributed by atoms with van der Waals surface area (Å²) in [5.74, 6) is 0.236. The van der Waals surface area contributed by atoms with E-state index in [1.54, 1.807) is 42.8 Å². The third-order valence-corrected chi connectivity index (χ3v) is 7.65. The highest BCUT2D eigenvalue weighted by molar-refractivity contribution is 7.91. The second-order valence-corrected chi connectivity index (χ2v) is 9.03. The van der Waals surface area contributed by atoms with Crippen molar-refractivity contribution in [1.82, 2.24) is 0 Å². The Morgan fingerprint density at radius 3 is 2.52 bits per heavy atom. The van der Waals surface area contributed by atoms with Gasteiger partial charge in [0, 0.05) is 28.2 Å². The molecule has 1 aliphatic heterocycles. The highest BCUT2D eigenvalue weighted by atomic mass is 32.2. The van der Waals surface area contributed by atoms with Crippen LogP contribution in [-0.2, 0) is 14.6 Å². The van der Waals surface area contributed by atoms with E-state index in [2.05, 4.69) is 5.32 Å². The smallest absolute Gasteiger partial charge is 0.225 e. The number of ether oxygens (including phenoxy) is 1. The molecule has 27 heavy (non-hydrogen) atoms. The van der Waals surface area contributed by atoms with Gasteiger partial charge in [0.05, 0.1) is 17.7 Å². The van der Waals surface area contributed by atoms with Crippen LogP contribution in [0.1, 0.15) is 22.8 Å². The molecule has 4 rings (SSSR count). The van der Waals surface area contributed by atoms with Crippen LogP contribution in [0, 0.1) is 0 Å². The Kier molecular flexibility index (Phi) is 4.49. The summed E-state index contributed by atoms with van der Waals surface area (Å²) >= 11 is 1.35. The Labute approximate surface area is 161 Å². The second kappa shape index (κ2) is 6.83. The number of benzene rings is 2. The Hall–Kier alpha value is -2.64. The number of methoxy groups -OCH3 is 1. The lowest BCUT2D eigenvalue weighted by atomic mass is 9.90. The van der Waals surface area contributed by atoms with E-state index < -0.39 is 9.84 Å². The van der Waals surface area contributed by atoms with Crippen molar-refractivity contribution in [2.45, 2.75) is 22.1 Å². The highest BCUT2D eigenvalue weighted by Gasteiger charge is 2.35. The minimum Gasteiger partial charge on any atom is -0.496 e. The van der Waals surface area contributed by atoms with Crippen molar-refractivity contribution in [2.24, 2.45) is 0 Å². The number of hydrogen-bond donors (Lipinski definition) is 1. The van der Waals surface area contributed by atoms with Gasteiger partial charge in [0.1, 0.15) is 10.6 Å². The minimum absolute atomic E-state index is 0.140. The zero-order valence-corrected chi connectivity index (χ0v) is 16.1. The number of anilines is 1. The molecule has 1 atom stereocenters. The van der Waals surface area contributed by atoms with Crippen LogP contribution in [-0.4, -0.2) is 21.4 Å². The van der Waals surface area contributed by atoms with Gasteiger partial charge in [0.25, 0.3) is 0 Å². The van der Waals surface area contributed by atoms with Gasteiger partial charge >= 0.3 is 0 Å². The zero-order valence-electron chi connectivity index (χ0n) is 14.5. The normalized spacial score (nSPS) is 16.5. The van der Waals surface area contributed by atoms with Gasteiger partial charge in [-0.15, -0.1) is 11.3 Å². The van der Waals surface area contributed by atoms with Gasteiger partial charge in [-0.25, -0.2) is 8.42 Å². The number of amides is 1. The third-order valence-electron chi connectivity index (χ3n) is 4.61. The van der Waals surface area contributed by atoms with E-state index in [1.807, 2.05) is 24.3 Å². The predicted octanol–water partition coefficient (Wildman–Crippen LogP) is 4.06. The fraction of sp³-hybridized carbons (Fsp3) is 0.150. The molecule has 0 fully saturated rings. The molecule has 0 saturated carbocycles. The molecule has 1 amide bonds. The molecule has 0 aliphatic carbocycles. The number of rotatable bonds is 4. The quantitative estimate of drug-likeness (QED) is 0.718. The first-order valence-electron chi connectivity index (χ1n) is 8.36. The molecule has 7 heteroatoms. The number of carbonyl (C=O) groups is 1. The fourth-order valence-corrected chi connectivity index (χ4v) is 6.25. The molecule has 0 radical (unpaired) electrons. The van der Waals surface area contributed by atoms with E-state index in [0.717, 1.165) is 10.4 Å². The largest absolute Gasteiger partial charge is 0.496 e. The molecule has 1 unspecified atom stereocenters. The van der Waals surface area contributed by atoms with Crippen LogP contribution in [0.5, 0.6) is 5.75 Å². The zero-order chi connectivity index (χ0) is 19.0. The maximum Gasteiger partial charge on any atom is 0.225 e. The first-order chi connectivity index (χ1) is 13.0. The van der Waals surface area contributed by atoms with E-state index in [0.29, 0.717) is 11.4 Å². The van der Waals surface area contributed by atoms with Crippen LogP contribution < -0.4 is 10.1 Å². The first kappa shape index (κ1) is 17.8. The molecule has 1 aromatic heterocycles. The Morgan fingerprint density at radius 1 is 1.07 bits per heavy atom. The van der Waals surface area contributed by atoms with Crippen LogP contribution >= 0.6 is 11.3 Å². The molecule has 1 aliphatic rings. The molecule has 1 N–H and O–H groups in total. The predicted molar refractivity (Wildman–Crippen MR) is 104 cm³/mol. The summed E-state index contributed by atoms with van der Waals surface area (Å²) in [4.78, 5) is 13.6. The standard InChI is InChI=1S/C20H17NO4S2/c1-25-16-10-6-5-9-14(16)15-11-18(22)21-19-17(12-26-20(15)19)27(23,24)13-7-3-2-4-8-13/h2-10,12,15H,11H2,1H3,(H,21,22). The van der Waals surface area contributed by atoms with E-state index in [9.17, 15) is 13.2 Å². The fourth-order valence-electron chi connectivity index (χ4n) is 3.33. The van der Waals surface area contributed by atoms with Gasteiger partial charge in [-0.05, 0) is 18.2 Å². The Bertz CT molecular complexity index is 1100. The van der Waals surface area contributed by atoms with E-state index in [-0.39, 0.29) is 28.0 Å². The van der Waals surface area contributed by atoms with Crippen molar-refractivity contribution in [3.63, 3.8) is 0 Å². The molecule has 5 nitrogen and oxygen atoms in total. The summed E-state index contributed by atoms with van der Waals surface area (Å²) in [6, 6.07) is 15.8. The maximum absolute atomic E-state index is 13.1. The molecular weight excluding hydrogens is 382 g/mol. The lowest BCUT2D eigenvalue weighted by molar-refractivity contribution is -0.116. The third kappa shape index (κ3) is 3.02. The monoisotopic (exact) mass is 399 g/mol. The summed E-state index contributed by atoms with van der Waals surface area (Å²) < 4.78 is 31.6. The number of para-hydroxylation sites is 1. The first-order valence-corrected chi connectivity index (χ1v) is 10.7. The molecule has 0 bridgehead atoms. The molecule has 3 aromatic rings. The average Bonchev–Trinajstić information content (AvgIpc) is 3.12. The van der Waals surface area contributed by atoms with Crippen molar-refractivity contribution < 1.29 is 17.9 Å². The maximum atomic E-state index is 13.1. The van der Waals surface area contributed by atoms with Gasteiger partial charge in [-0.3, -0.25) is 4.79 Å². The molecule has 0 spiro atoms. The number of thiophene rings is 1. The average molecular weight is 399 g/mol. The summed E-state index contributed by atoms with van der Waals surface area (Å²) in [5, 5.41) is 4.39. The van der Waals surface area contributed by atoms with E-state index in [4.69, 9.17) is 4.74 Å². The lowest BCUT2D eigenvalue weighted by Crippen LogP contribution is -2.23. The molecule has 0 saturated heterocycles. The summed E-state index contributed by atoms with van der Waals surface area (Å²) in [6.45, 7) is 0. The lowest BCUT2D eigenvalue weighted by Gasteiger charge is -2.25. The number of carbonyl (C=O) groups excluding carboxylic acids is 1. The van der Waals surface area contributed by atoms with Crippen molar-refractivity contribution in [3.8, 4) is 5.75 Å². The van der Waals surface area contributed by atoms with Gasteiger partial charge in [-0.1, -0.05) is 36.4 Å². The van der Waals surface area contributed by atoms with E-state index >= 15 is 0 Å². The van der Waals surface area contributed by atoms with Gasteiger partial charge in [0.2, 0.25) is 15.7 Å². The molecule has 138 valence electrons. The van der Waals surface area contributed by atoms with Gasteiger partial charge in [0.15, 0.2) is 0 Å². The van der Waals surface area contributed by atoms with Crippen molar-refractivity contribution in [2.75, 3.05) is 12.4 Å². The Balaban J connectivity index is 1.86. The van der Waals surface area contributed by atoms with Crippen LogP contribution in [0.2, 0.25) is 0 Å². The molecule has 2 aromatic carbocycles. The number of sulfone groups is 1. The number of hydrogen-bond acceptors (Lipinski definition) is 5. The van der Waals surface area contributed by atoms with Gasteiger partial charge < -0.3 is 10.1 Å². The summed E-state index contributed by atoms with van der Waals surface area (Å²) in [6.07, 6.45) is 0.249. The van der Waals surface area contributed by atoms with Crippen LogP contribution in [0.3, 0.4) is 0 Å². The molecular formula is C20H17NO4S2. The molecule has 2 heterocycles. The van der Waals surface area contributed by atoms with Crippen molar-refractivity contribution in [1.29, 1.82) is 0 Å². The topological polar surface area (TPSA) is 72.5 Å². The van der Waals surface area contributed by atoms with Crippen LogP contribution in [0.25, 0.3) is 0 Å². The Morgan fingerprint density at radius 2 is 1.78 bits per heavy atom. The summed E-state index contributed by atoms with van der Waals surface area (Å²) in [5.41, 5.74) is 1.26.